The molecule has 3 aromatic rings. The molecule has 2 heterocycles. The number of amides is 1. The van der Waals surface area contributed by atoms with Gasteiger partial charge in [-0.05, 0) is 47.7 Å². The van der Waals surface area contributed by atoms with Crippen LogP contribution in [0, 0.1) is 0 Å². The molecule has 1 atom stereocenters. The van der Waals surface area contributed by atoms with Gasteiger partial charge in [0.05, 0.1) is 23.4 Å². The van der Waals surface area contributed by atoms with E-state index < -0.39 is 6.17 Å². The van der Waals surface area contributed by atoms with E-state index in [4.69, 9.17) is 9.84 Å². The Morgan fingerprint density at radius 3 is 2.77 bits per heavy atom. The Kier molecular flexibility index (Phi) is 6.15. The molecule has 2 aromatic carbocycles. The molecule has 1 N–H and O–H groups in total. The Morgan fingerprint density at radius 1 is 1.29 bits per heavy atom. The van der Waals surface area contributed by atoms with E-state index in [0.29, 0.717) is 34.5 Å². The summed E-state index contributed by atoms with van der Waals surface area (Å²) < 4.78 is 8.14. The predicted molar refractivity (Wildman–Crippen MR) is 123 cm³/mol. The lowest BCUT2D eigenvalue weighted by atomic mass is 10.0. The van der Waals surface area contributed by atoms with Gasteiger partial charge in [0.1, 0.15) is 5.75 Å². The molecular formula is C22H22BrN4O3S+. The van der Waals surface area contributed by atoms with E-state index in [2.05, 4.69) is 20.9 Å². The number of nitrogens with zero attached hydrogens (tertiary/aromatic N) is 3. The van der Waals surface area contributed by atoms with E-state index in [1.807, 2.05) is 56.3 Å². The molecule has 0 bridgehead atoms. The molecule has 9 heteroatoms. The van der Waals surface area contributed by atoms with Gasteiger partial charge in [0.2, 0.25) is 11.1 Å². The van der Waals surface area contributed by atoms with Crippen molar-refractivity contribution < 1.29 is 14.2 Å². The summed E-state index contributed by atoms with van der Waals surface area (Å²) in [5.74, 6) is 1.28. The quantitative estimate of drug-likeness (QED) is 0.423. The number of nitrogens with one attached hydrogen (secondary N) is 1. The fraction of sp³-hybridized carbons (Fsp3) is 0.273. The third-order valence-corrected chi connectivity index (χ3v) is 6.40. The molecule has 0 saturated heterocycles. The van der Waals surface area contributed by atoms with E-state index >= 15 is 0 Å². The standard InChI is InChI=1S/C22H21BrN4O3S/c1-4-30-14-10-11-17(23)16(12-14)21-26(13(3)28)18-9-7-6-8-15(18)19-20(29)24-22(31-5-2)25-27(19)21/h6-12,21H,4-5H2,1-3H3/p+1/t21-/m1/s1. The maximum absolute atomic E-state index is 13.2. The number of benzene rings is 2. The van der Waals surface area contributed by atoms with Crippen LogP contribution in [-0.2, 0) is 4.79 Å². The normalized spacial score (nSPS) is 14.7. The van der Waals surface area contributed by atoms with Crippen LogP contribution in [0.25, 0.3) is 11.3 Å². The number of halogens is 1. The number of para-hydroxylation sites is 1. The summed E-state index contributed by atoms with van der Waals surface area (Å²) >= 11 is 5.07. The van der Waals surface area contributed by atoms with Gasteiger partial charge < -0.3 is 4.74 Å². The second-order valence-corrected chi connectivity index (χ2v) is 8.99. The zero-order valence-electron chi connectivity index (χ0n) is 17.4. The molecule has 0 unspecified atom stereocenters. The minimum atomic E-state index is -0.657. The average Bonchev–Trinajstić information content (AvgIpc) is 2.74. The van der Waals surface area contributed by atoms with Crippen molar-refractivity contribution >= 4 is 39.3 Å². The third-order valence-electron chi connectivity index (χ3n) is 4.94. The highest BCUT2D eigenvalue weighted by atomic mass is 79.9. The summed E-state index contributed by atoms with van der Waals surface area (Å²) in [5.41, 5.74) is 2.26. The van der Waals surface area contributed by atoms with Crippen molar-refractivity contribution in [1.82, 2.24) is 10.1 Å². The highest BCUT2D eigenvalue weighted by molar-refractivity contribution is 9.10. The van der Waals surface area contributed by atoms with Crippen LogP contribution < -0.4 is 19.9 Å². The van der Waals surface area contributed by atoms with Crippen molar-refractivity contribution in [3.05, 3.63) is 62.9 Å². The summed E-state index contributed by atoms with van der Waals surface area (Å²) in [6, 6.07) is 13.0. The zero-order valence-corrected chi connectivity index (χ0v) is 19.8. The van der Waals surface area contributed by atoms with Crippen molar-refractivity contribution in [2.75, 3.05) is 17.3 Å². The fourth-order valence-electron chi connectivity index (χ4n) is 3.77. The molecular weight excluding hydrogens is 480 g/mol. The molecule has 7 nitrogen and oxygen atoms in total. The van der Waals surface area contributed by atoms with E-state index in [1.165, 1.54) is 18.7 Å². The number of aromatic amines is 1. The number of hydrogen-bond donors (Lipinski definition) is 1. The lowest BCUT2D eigenvalue weighted by molar-refractivity contribution is -0.763. The number of thioether (sulfide) groups is 1. The largest absolute Gasteiger partial charge is 0.494 e. The van der Waals surface area contributed by atoms with Crippen LogP contribution in [0.5, 0.6) is 5.75 Å². The Hall–Kier alpha value is -2.65. The Morgan fingerprint density at radius 2 is 2.06 bits per heavy atom. The predicted octanol–water partition coefficient (Wildman–Crippen LogP) is 3.91. The molecule has 1 aromatic heterocycles. The number of anilines is 1. The third kappa shape index (κ3) is 3.87. The van der Waals surface area contributed by atoms with Crippen LogP contribution in [0.4, 0.5) is 5.69 Å². The van der Waals surface area contributed by atoms with E-state index in [9.17, 15) is 9.59 Å². The monoisotopic (exact) mass is 501 g/mol. The van der Waals surface area contributed by atoms with Crippen LogP contribution in [0.3, 0.4) is 0 Å². The van der Waals surface area contributed by atoms with Crippen molar-refractivity contribution in [2.45, 2.75) is 32.1 Å². The number of hydrogen-bond acceptors (Lipinski definition) is 5. The fourth-order valence-corrected chi connectivity index (χ4v) is 4.81. The van der Waals surface area contributed by atoms with E-state index in [-0.39, 0.29) is 11.5 Å². The van der Waals surface area contributed by atoms with Gasteiger partial charge in [-0.2, -0.15) is 0 Å². The first kappa shape index (κ1) is 21.6. The van der Waals surface area contributed by atoms with Crippen molar-refractivity contribution in [3.8, 4) is 17.0 Å². The highest BCUT2D eigenvalue weighted by Gasteiger charge is 2.45. The van der Waals surface area contributed by atoms with Gasteiger partial charge in [0.25, 0.3) is 6.17 Å². The van der Waals surface area contributed by atoms with E-state index in [0.717, 1.165) is 15.8 Å². The van der Waals surface area contributed by atoms with Gasteiger partial charge in [-0.3, -0.25) is 14.6 Å². The first-order valence-corrected chi connectivity index (χ1v) is 11.7. The molecule has 0 saturated carbocycles. The Bertz CT molecular complexity index is 1210. The van der Waals surface area contributed by atoms with Crippen molar-refractivity contribution in [3.63, 3.8) is 0 Å². The molecule has 0 radical (unpaired) electrons. The molecule has 1 aliphatic heterocycles. The maximum Gasteiger partial charge on any atom is 0.325 e. The lowest BCUT2D eigenvalue weighted by Gasteiger charge is -2.31. The van der Waals surface area contributed by atoms with Gasteiger partial charge in [0, 0.05) is 16.5 Å². The van der Waals surface area contributed by atoms with Gasteiger partial charge in [-0.25, -0.2) is 4.90 Å². The summed E-state index contributed by atoms with van der Waals surface area (Å²) in [6.45, 7) is 5.94. The first-order valence-electron chi connectivity index (χ1n) is 9.96. The van der Waals surface area contributed by atoms with Crippen LogP contribution in [0.2, 0.25) is 0 Å². The van der Waals surface area contributed by atoms with Crippen LogP contribution in [0.15, 0.2) is 56.9 Å². The number of fused-ring (bicyclic) bond motifs is 3. The van der Waals surface area contributed by atoms with Crippen LogP contribution >= 0.6 is 27.7 Å². The number of carbonyl (C=O) groups is 1. The second kappa shape index (κ2) is 8.84. The molecule has 0 spiro atoms. The highest BCUT2D eigenvalue weighted by Crippen LogP contribution is 2.39. The Labute approximate surface area is 192 Å². The number of aromatic nitrogens is 3. The maximum atomic E-state index is 13.2. The minimum absolute atomic E-state index is 0.156. The smallest absolute Gasteiger partial charge is 0.325 e. The zero-order chi connectivity index (χ0) is 22.1. The van der Waals surface area contributed by atoms with Crippen molar-refractivity contribution in [2.24, 2.45) is 0 Å². The molecule has 1 aliphatic rings. The summed E-state index contributed by atoms with van der Waals surface area (Å²) in [5, 5.41) is 5.24. The molecule has 1 amide bonds. The van der Waals surface area contributed by atoms with Crippen molar-refractivity contribution in [1.29, 1.82) is 0 Å². The second-order valence-electron chi connectivity index (χ2n) is 6.88. The average molecular weight is 502 g/mol. The Balaban J connectivity index is 2.06. The molecule has 0 aliphatic carbocycles. The first-order chi connectivity index (χ1) is 15.0. The number of ether oxygens (including phenoxy) is 1. The molecule has 4 rings (SSSR count). The number of H-pyrrole nitrogens is 1. The number of rotatable bonds is 5. The lowest BCUT2D eigenvalue weighted by Crippen LogP contribution is -2.60. The summed E-state index contributed by atoms with van der Waals surface area (Å²) in [7, 11) is 0. The van der Waals surface area contributed by atoms with Gasteiger partial charge in [0.15, 0.2) is 0 Å². The van der Waals surface area contributed by atoms with E-state index in [1.54, 1.807) is 9.58 Å². The molecule has 160 valence electrons. The van der Waals surface area contributed by atoms with Crippen LogP contribution in [-0.4, -0.2) is 28.3 Å². The van der Waals surface area contributed by atoms with Gasteiger partial charge in [-0.15, -0.1) is 0 Å². The number of carbonyl (C=O) groups excluding carboxylic acids is 1. The molecule has 0 fully saturated rings. The van der Waals surface area contributed by atoms with Gasteiger partial charge >= 0.3 is 11.3 Å². The summed E-state index contributed by atoms with van der Waals surface area (Å²) in [4.78, 5) is 30.6. The van der Waals surface area contributed by atoms with Gasteiger partial charge in [-0.1, -0.05) is 46.7 Å². The minimum Gasteiger partial charge on any atom is -0.494 e. The topological polar surface area (TPSA) is 79.2 Å². The van der Waals surface area contributed by atoms with Crippen LogP contribution in [0.1, 0.15) is 32.5 Å². The SMILES string of the molecule is CCOc1ccc(Br)c([C@@H]2N(C(C)=O)c3ccccc3-c3c(=O)[nH]c(SCC)n[n+]32)c1. The summed E-state index contributed by atoms with van der Waals surface area (Å²) in [6.07, 6.45) is -0.657. The molecule has 31 heavy (non-hydrogen) atoms.